The molecule has 1 aromatic heterocycles. The fourth-order valence-electron chi connectivity index (χ4n) is 4.00. The number of rotatable bonds is 10. The summed E-state index contributed by atoms with van der Waals surface area (Å²) in [6.45, 7) is 2.11. The lowest BCUT2D eigenvalue weighted by Crippen LogP contribution is -2.17. The molecule has 7 nitrogen and oxygen atoms in total. The normalized spacial score (nSPS) is 10.8. The molecule has 3 aromatic carbocycles. The zero-order chi connectivity index (χ0) is 24.8. The molecular formula is C28H26N2O5. The maximum atomic E-state index is 12.6. The van der Waals surface area contributed by atoms with Gasteiger partial charge in [0.1, 0.15) is 11.5 Å². The van der Waals surface area contributed by atoms with E-state index in [9.17, 15) is 9.59 Å². The summed E-state index contributed by atoms with van der Waals surface area (Å²) in [6.07, 6.45) is 0.676. The quantitative estimate of drug-likeness (QED) is 0.335. The molecule has 178 valence electrons. The first-order valence-electron chi connectivity index (χ1n) is 11.3. The number of hydrogen-bond acceptors (Lipinski definition) is 5. The maximum Gasteiger partial charge on any atom is 0.303 e. The van der Waals surface area contributed by atoms with Crippen molar-refractivity contribution in [2.75, 3.05) is 6.61 Å². The van der Waals surface area contributed by atoms with Crippen LogP contribution in [0.1, 0.15) is 33.8 Å². The van der Waals surface area contributed by atoms with Crippen LogP contribution in [0.4, 0.5) is 0 Å². The summed E-state index contributed by atoms with van der Waals surface area (Å²) in [5.41, 5.74) is 9.78. The predicted molar refractivity (Wildman–Crippen MR) is 132 cm³/mol. The predicted octanol–water partition coefficient (Wildman–Crippen LogP) is 5.05. The summed E-state index contributed by atoms with van der Waals surface area (Å²) in [5.74, 6) is 0.0457. The fraction of sp³-hybridized carbons (Fsp3) is 0.179. The van der Waals surface area contributed by atoms with Gasteiger partial charge in [-0.2, -0.15) is 0 Å². The van der Waals surface area contributed by atoms with E-state index in [1.54, 1.807) is 12.1 Å². The van der Waals surface area contributed by atoms with Gasteiger partial charge in [-0.15, -0.1) is 0 Å². The molecule has 7 heteroatoms. The lowest BCUT2D eigenvalue weighted by Gasteiger charge is -2.17. The van der Waals surface area contributed by atoms with Crippen molar-refractivity contribution in [1.82, 2.24) is 4.98 Å². The third kappa shape index (κ3) is 5.58. The second-order valence-corrected chi connectivity index (χ2v) is 8.08. The Morgan fingerprint density at radius 1 is 0.943 bits per heavy atom. The minimum atomic E-state index is -0.914. The molecule has 1 amide bonds. The third-order valence-corrected chi connectivity index (χ3v) is 5.68. The maximum absolute atomic E-state index is 12.6. The molecule has 0 fully saturated rings. The molecule has 35 heavy (non-hydrogen) atoms. The van der Waals surface area contributed by atoms with Crippen molar-refractivity contribution in [3.8, 4) is 28.3 Å². The number of aliphatic carboxylic acids is 1. The van der Waals surface area contributed by atoms with Gasteiger partial charge in [0, 0.05) is 24.0 Å². The first-order chi connectivity index (χ1) is 16.9. The molecular weight excluding hydrogens is 444 g/mol. The largest absolute Gasteiger partial charge is 0.492 e. The Hall–Kier alpha value is -4.39. The van der Waals surface area contributed by atoms with E-state index in [0.717, 1.165) is 22.4 Å². The molecule has 0 spiro atoms. The monoisotopic (exact) mass is 470 g/mol. The van der Waals surface area contributed by atoms with E-state index in [2.05, 4.69) is 4.98 Å². The van der Waals surface area contributed by atoms with Gasteiger partial charge >= 0.3 is 5.97 Å². The Morgan fingerprint density at radius 2 is 1.60 bits per heavy atom. The van der Waals surface area contributed by atoms with Crippen molar-refractivity contribution in [1.29, 1.82) is 0 Å². The number of nitrogens with zero attached hydrogens (tertiary/aromatic N) is 1. The number of carboxylic acids is 1. The lowest BCUT2D eigenvalue weighted by atomic mass is 9.91. The Balaban J connectivity index is 1.60. The molecule has 0 aliphatic rings. The van der Waals surface area contributed by atoms with Crippen molar-refractivity contribution < 1.29 is 23.8 Å². The molecule has 3 N–H and O–H groups in total. The summed E-state index contributed by atoms with van der Waals surface area (Å²) in [6, 6.07) is 22.4. The van der Waals surface area contributed by atoms with Crippen LogP contribution in [0.15, 0.2) is 77.2 Å². The summed E-state index contributed by atoms with van der Waals surface area (Å²) in [4.78, 5) is 28.3. The van der Waals surface area contributed by atoms with E-state index in [1.165, 1.54) is 0 Å². The van der Waals surface area contributed by atoms with Crippen molar-refractivity contribution >= 4 is 11.9 Å². The van der Waals surface area contributed by atoms with Gasteiger partial charge in [0.25, 0.3) is 5.91 Å². The highest BCUT2D eigenvalue weighted by Gasteiger charge is 2.21. The van der Waals surface area contributed by atoms with E-state index in [0.29, 0.717) is 29.4 Å². The van der Waals surface area contributed by atoms with Crippen LogP contribution in [0.3, 0.4) is 0 Å². The molecule has 0 saturated heterocycles. The highest BCUT2D eigenvalue weighted by molar-refractivity contribution is 6.03. The molecule has 0 unspecified atom stereocenters. The van der Waals surface area contributed by atoms with Crippen LogP contribution >= 0.6 is 0 Å². The Kier molecular flexibility index (Phi) is 7.26. The number of oxazole rings is 1. The third-order valence-electron chi connectivity index (χ3n) is 5.68. The van der Waals surface area contributed by atoms with Gasteiger partial charge < -0.3 is 20.0 Å². The molecule has 4 aromatic rings. The number of aromatic nitrogens is 1. The van der Waals surface area contributed by atoms with Gasteiger partial charge in [-0.05, 0) is 42.7 Å². The van der Waals surface area contributed by atoms with Crippen molar-refractivity contribution in [3.05, 3.63) is 95.4 Å². The second kappa shape index (κ2) is 10.7. The van der Waals surface area contributed by atoms with E-state index in [-0.39, 0.29) is 25.0 Å². The zero-order valence-electron chi connectivity index (χ0n) is 19.4. The Bertz CT molecular complexity index is 1330. The number of aryl methyl sites for hydroxylation is 2. The van der Waals surface area contributed by atoms with E-state index < -0.39 is 11.9 Å². The van der Waals surface area contributed by atoms with Gasteiger partial charge in [0.2, 0.25) is 5.89 Å². The van der Waals surface area contributed by atoms with Crippen molar-refractivity contribution in [3.63, 3.8) is 0 Å². The number of carbonyl (C=O) groups is 2. The molecule has 0 aliphatic heterocycles. The van der Waals surface area contributed by atoms with Crippen LogP contribution in [-0.4, -0.2) is 28.6 Å². The highest BCUT2D eigenvalue weighted by Crippen LogP contribution is 2.35. The van der Waals surface area contributed by atoms with Crippen molar-refractivity contribution in [2.24, 2.45) is 5.73 Å². The summed E-state index contributed by atoms with van der Waals surface area (Å²) >= 11 is 0. The minimum Gasteiger partial charge on any atom is -0.492 e. The van der Waals surface area contributed by atoms with E-state index in [1.807, 2.05) is 67.6 Å². The van der Waals surface area contributed by atoms with Crippen LogP contribution in [0.25, 0.3) is 22.6 Å². The lowest BCUT2D eigenvalue weighted by molar-refractivity contribution is -0.136. The van der Waals surface area contributed by atoms with E-state index >= 15 is 0 Å². The van der Waals surface area contributed by atoms with E-state index in [4.69, 9.17) is 20.0 Å². The molecule has 4 rings (SSSR count). The number of amides is 1. The standard InChI is InChI=1S/C28H26N2O5/c1-18-22(30-28(35-18)21-10-6-3-7-11-21)16-17-34-23-14-12-20(13-15-24(31)32)25(26(23)27(29)33)19-8-4-2-5-9-19/h2-12,14H,13,15-17H2,1H3,(H2,29,33)(H,31,32). The number of carbonyl (C=O) groups excluding carboxylic acids is 1. The molecule has 0 saturated carbocycles. The van der Waals surface area contributed by atoms with Gasteiger partial charge in [-0.3, -0.25) is 9.59 Å². The summed E-state index contributed by atoms with van der Waals surface area (Å²) in [5, 5.41) is 9.16. The summed E-state index contributed by atoms with van der Waals surface area (Å²) < 4.78 is 11.8. The zero-order valence-corrected chi connectivity index (χ0v) is 19.4. The number of ether oxygens (including phenoxy) is 1. The fourth-order valence-corrected chi connectivity index (χ4v) is 4.00. The highest BCUT2D eigenvalue weighted by atomic mass is 16.5. The van der Waals surface area contributed by atoms with Crippen LogP contribution < -0.4 is 10.5 Å². The SMILES string of the molecule is Cc1oc(-c2ccccc2)nc1CCOc1ccc(CCC(=O)O)c(-c2ccccc2)c1C(N)=O. The minimum absolute atomic E-state index is 0.0621. The van der Waals surface area contributed by atoms with Gasteiger partial charge in [-0.1, -0.05) is 54.6 Å². The van der Waals surface area contributed by atoms with Crippen LogP contribution in [0.2, 0.25) is 0 Å². The van der Waals surface area contributed by atoms with Gasteiger partial charge in [0.05, 0.1) is 17.9 Å². The van der Waals surface area contributed by atoms with Crippen LogP contribution in [-0.2, 0) is 17.6 Å². The second-order valence-electron chi connectivity index (χ2n) is 8.08. The molecule has 0 bridgehead atoms. The number of nitrogens with two attached hydrogens (primary N) is 1. The molecule has 1 heterocycles. The first-order valence-corrected chi connectivity index (χ1v) is 11.3. The number of hydrogen-bond donors (Lipinski definition) is 2. The number of primary amides is 1. The average Bonchev–Trinajstić information content (AvgIpc) is 3.24. The van der Waals surface area contributed by atoms with Gasteiger partial charge in [0.15, 0.2) is 0 Å². The molecule has 0 aliphatic carbocycles. The van der Waals surface area contributed by atoms with Crippen LogP contribution in [0.5, 0.6) is 5.75 Å². The first kappa shape index (κ1) is 23.8. The van der Waals surface area contributed by atoms with Crippen molar-refractivity contribution in [2.45, 2.75) is 26.2 Å². The smallest absolute Gasteiger partial charge is 0.303 e. The average molecular weight is 471 g/mol. The Morgan fingerprint density at radius 3 is 2.23 bits per heavy atom. The Labute approximate surface area is 203 Å². The topological polar surface area (TPSA) is 116 Å². The molecule has 0 atom stereocenters. The summed E-state index contributed by atoms with van der Waals surface area (Å²) in [7, 11) is 0. The number of carboxylic acid groups (broad SMARTS) is 1. The number of benzene rings is 3. The van der Waals surface area contributed by atoms with Crippen LogP contribution in [0, 0.1) is 6.92 Å². The molecule has 0 radical (unpaired) electrons. The van der Waals surface area contributed by atoms with Gasteiger partial charge in [-0.25, -0.2) is 4.98 Å².